The molecule has 0 saturated carbocycles. The third-order valence-corrected chi connectivity index (χ3v) is 7.44. The number of esters is 1. The fourth-order valence-electron chi connectivity index (χ4n) is 4.02. The van der Waals surface area contributed by atoms with Crippen LogP contribution in [0.3, 0.4) is 0 Å². The minimum Gasteiger partial charge on any atom is -0.490 e. The smallest absolute Gasteiger partial charge is 0.324 e. The predicted molar refractivity (Wildman–Crippen MR) is 130 cm³/mol. The van der Waals surface area contributed by atoms with Crippen LogP contribution in [0.4, 0.5) is 5.69 Å². The van der Waals surface area contributed by atoms with Gasteiger partial charge < -0.3 is 9.47 Å². The van der Waals surface area contributed by atoms with Gasteiger partial charge in [-0.25, -0.2) is 0 Å². The molecule has 1 saturated heterocycles. The molecule has 0 unspecified atom stereocenters. The van der Waals surface area contributed by atoms with Crippen LogP contribution in [0.1, 0.15) is 43.2 Å². The topological polar surface area (TPSA) is 128 Å². The molecule has 1 N–H and O–H groups in total. The standard InChI is InChI=1S/C24H31N3O7S/c1-33-23-14-13-20(17-22(23)27(29)30)18-25-35(31,32)26-15-7-5-12-21(26)24(28)34-16-8-6-11-19-9-3-2-4-10-19/h2-4,9-10,13-14,17,21,25H,5-8,11-12,15-16,18H2,1H3/t21-/m0/s1. The van der Waals surface area contributed by atoms with Gasteiger partial charge in [0.05, 0.1) is 18.6 Å². The number of carbonyl (C=O) groups excluding carboxylic acids is 1. The molecule has 1 heterocycles. The van der Waals surface area contributed by atoms with Gasteiger partial charge in [0.15, 0.2) is 5.75 Å². The van der Waals surface area contributed by atoms with E-state index in [-0.39, 0.29) is 31.1 Å². The Kier molecular flexibility index (Phi) is 9.58. The number of hydrogen-bond acceptors (Lipinski definition) is 7. The average Bonchev–Trinajstić information content (AvgIpc) is 2.87. The third-order valence-electron chi connectivity index (χ3n) is 5.88. The lowest BCUT2D eigenvalue weighted by atomic mass is 10.1. The largest absolute Gasteiger partial charge is 0.490 e. The van der Waals surface area contributed by atoms with Crippen molar-refractivity contribution in [3.05, 3.63) is 69.8 Å². The monoisotopic (exact) mass is 505 g/mol. The summed E-state index contributed by atoms with van der Waals surface area (Å²) >= 11 is 0. The second kappa shape index (κ2) is 12.6. The Morgan fingerprint density at radius 3 is 2.63 bits per heavy atom. The first-order valence-electron chi connectivity index (χ1n) is 11.6. The van der Waals surface area contributed by atoms with Crippen LogP contribution in [0.15, 0.2) is 48.5 Å². The molecule has 0 bridgehead atoms. The van der Waals surface area contributed by atoms with Crippen LogP contribution >= 0.6 is 0 Å². The van der Waals surface area contributed by atoms with Gasteiger partial charge in [-0.15, -0.1) is 0 Å². The minimum absolute atomic E-state index is 0.0872. The van der Waals surface area contributed by atoms with Gasteiger partial charge in [0.2, 0.25) is 0 Å². The van der Waals surface area contributed by atoms with Crippen LogP contribution in [0.5, 0.6) is 5.75 Å². The van der Waals surface area contributed by atoms with E-state index in [0.29, 0.717) is 24.8 Å². The zero-order valence-corrected chi connectivity index (χ0v) is 20.5. The van der Waals surface area contributed by atoms with Crippen molar-refractivity contribution in [1.82, 2.24) is 9.03 Å². The number of carbonyl (C=O) groups is 1. The highest BCUT2D eigenvalue weighted by Crippen LogP contribution is 2.28. The molecule has 10 nitrogen and oxygen atoms in total. The Labute approximate surface area is 205 Å². The molecule has 1 aliphatic rings. The van der Waals surface area contributed by atoms with Crippen LogP contribution in [-0.4, -0.2) is 49.9 Å². The van der Waals surface area contributed by atoms with Crippen molar-refractivity contribution in [1.29, 1.82) is 0 Å². The first-order chi connectivity index (χ1) is 16.8. The number of piperidine rings is 1. The molecule has 3 rings (SSSR count). The third kappa shape index (κ3) is 7.48. The number of nitro benzene ring substituents is 1. The number of rotatable bonds is 12. The van der Waals surface area contributed by atoms with Gasteiger partial charge in [-0.05, 0) is 55.7 Å². The lowest BCUT2D eigenvalue weighted by Crippen LogP contribution is -2.52. The molecule has 1 fully saturated rings. The average molecular weight is 506 g/mol. The highest BCUT2D eigenvalue weighted by molar-refractivity contribution is 7.87. The lowest BCUT2D eigenvalue weighted by molar-refractivity contribution is -0.385. The maximum atomic E-state index is 13.0. The van der Waals surface area contributed by atoms with Crippen LogP contribution in [-0.2, 0) is 32.7 Å². The van der Waals surface area contributed by atoms with Crippen molar-refractivity contribution in [2.24, 2.45) is 0 Å². The van der Waals surface area contributed by atoms with Crippen molar-refractivity contribution >= 4 is 21.9 Å². The second-order valence-electron chi connectivity index (χ2n) is 8.32. The number of benzene rings is 2. The number of methoxy groups -OCH3 is 1. The molecule has 1 aliphatic heterocycles. The summed E-state index contributed by atoms with van der Waals surface area (Å²) in [6, 6.07) is 13.4. The summed E-state index contributed by atoms with van der Waals surface area (Å²) in [5, 5.41) is 11.2. The number of nitrogens with zero attached hydrogens (tertiary/aromatic N) is 2. The summed E-state index contributed by atoms with van der Waals surface area (Å²) in [4.78, 5) is 23.3. The van der Waals surface area contributed by atoms with E-state index in [9.17, 15) is 23.3 Å². The molecule has 35 heavy (non-hydrogen) atoms. The summed E-state index contributed by atoms with van der Waals surface area (Å²) in [5.41, 5.74) is 1.36. The van der Waals surface area contributed by atoms with E-state index < -0.39 is 27.1 Å². The number of aryl methyl sites for hydroxylation is 1. The fourth-order valence-corrected chi connectivity index (χ4v) is 5.43. The molecule has 0 aliphatic carbocycles. The highest BCUT2D eigenvalue weighted by atomic mass is 32.2. The van der Waals surface area contributed by atoms with Crippen molar-refractivity contribution in [2.75, 3.05) is 20.3 Å². The van der Waals surface area contributed by atoms with E-state index in [1.165, 1.54) is 24.8 Å². The van der Waals surface area contributed by atoms with E-state index in [0.717, 1.165) is 23.6 Å². The van der Waals surface area contributed by atoms with E-state index >= 15 is 0 Å². The molecule has 2 aromatic rings. The molecule has 190 valence electrons. The van der Waals surface area contributed by atoms with Gasteiger partial charge in [-0.1, -0.05) is 36.4 Å². The molecule has 1 atom stereocenters. The van der Waals surface area contributed by atoms with E-state index in [4.69, 9.17) is 9.47 Å². The number of nitrogens with one attached hydrogen (secondary N) is 1. The van der Waals surface area contributed by atoms with E-state index in [1.54, 1.807) is 6.07 Å². The Morgan fingerprint density at radius 1 is 1.14 bits per heavy atom. The lowest BCUT2D eigenvalue weighted by Gasteiger charge is -2.33. The van der Waals surface area contributed by atoms with Crippen molar-refractivity contribution in [3.8, 4) is 5.75 Å². The summed E-state index contributed by atoms with van der Waals surface area (Å²) < 4.78 is 40.0. The van der Waals surface area contributed by atoms with Gasteiger partial charge in [0, 0.05) is 19.2 Å². The molecule has 11 heteroatoms. The number of unbranched alkanes of at least 4 members (excludes halogenated alkanes) is 1. The maximum absolute atomic E-state index is 13.0. The minimum atomic E-state index is -4.01. The molecular weight excluding hydrogens is 474 g/mol. The maximum Gasteiger partial charge on any atom is 0.324 e. The molecule has 0 spiro atoms. The number of nitro groups is 1. The molecular formula is C24H31N3O7S. The van der Waals surface area contributed by atoms with Gasteiger partial charge in [-0.2, -0.15) is 17.4 Å². The fraction of sp³-hybridized carbons (Fsp3) is 0.458. The van der Waals surface area contributed by atoms with Crippen molar-refractivity contribution < 1.29 is 27.6 Å². The first kappa shape index (κ1) is 26.6. The van der Waals surface area contributed by atoms with Gasteiger partial charge >= 0.3 is 11.7 Å². The van der Waals surface area contributed by atoms with Crippen LogP contribution in [0, 0.1) is 10.1 Å². The number of hydrogen-bond donors (Lipinski definition) is 1. The zero-order chi connectivity index (χ0) is 25.3. The van der Waals surface area contributed by atoms with Crippen LogP contribution in [0.25, 0.3) is 0 Å². The van der Waals surface area contributed by atoms with Crippen LogP contribution < -0.4 is 9.46 Å². The second-order valence-corrected chi connectivity index (χ2v) is 10.0. The van der Waals surface area contributed by atoms with E-state index in [1.807, 2.05) is 30.3 Å². The predicted octanol–water partition coefficient (Wildman–Crippen LogP) is 3.36. The van der Waals surface area contributed by atoms with Gasteiger partial charge in [0.1, 0.15) is 6.04 Å². The Hall–Kier alpha value is -3.02. The first-order valence-corrected chi connectivity index (χ1v) is 13.0. The van der Waals surface area contributed by atoms with Crippen molar-refractivity contribution in [3.63, 3.8) is 0 Å². The van der Waals surface area contributed by atoms with Crippen LogP contribution in [0.2, 0.25) is 0 Å². The van der Waals surface area contributed by atoms with E-state index in [2.05, 4.69) is 4.72 Å². The summed E-state index contributed by atoms with van der Waals surface area (Å²) in [7, 11) is -2.69. The summed E-state index contributed by atoms with van der Waals surface area (Å²) in [6.07, 6.45) is 4.18. The van der Waals surface area contributed by atoms with Gasteiger partial charge in [0.25, 0.3) is 10.2 Å². The van der Waals surface area contributed by atoms with Gasteiger partial charge in [-0.3, -0.25) is 14.9 Å². The SMILES string of the molecule is COc1ccc(CNS(=O)(=O)N2CCCC[C@H]2C(=O)OCCCCc2ccccc2)cc1[N+](=O)[O-]. The Bertz CT molecular complexity index is 1110. The van der Waals surface area contributed by atoms with Crippen molar-refractivity contribution in [2.45, 2.75) is 51.1 Å². The quantitative estimate of drug-likeness (QED) is 0.203. The highest BCUT2D eigenvalue weighted by Gasteiger charge is 2.37. The Balaban J connectivity index is 1.54. The normalized spacial score (nSPS) is 16.5. The molecule has 0 amide bonds. The molecule has 0 radical (unpaired) electrons. The summed E-state index contributed by atoms with van der Waals surface area (Å²) in [6.45, 7) is 0.274. The summed E-state index contributed by atoms with van der Waals surface area (Å²) in [5.74, 6) is -0.459. The molecule has 0 aromatic heterocycles. The Morgan fingerprint density at radius 2 is 1.91 bits per heavy atom. The zero-order valence-electron chi connectivity index (χ0n) is 19.7. The number of ether oxygens (including phenoxy) is 2. The molecule has 2 aromatic carbocycles.